The predicted octanol–water partition coefficient (Wildman–Crippen LogP) is 6.60. The molecule has 0 fully saturated rings. The van der Waals surface area contributed by atoms with Crippen molar-refractivity contribution in [1.82, 2.24) is 19.6 Å². The molecule has 0 saturated carbocycles. The molecular weight excluding hydrogens is 544 g/mol. The van der Waals surface area contributed by atoms with Crippen LogP contribution in [-0.4, -0.2) is 19.6 Å². The van der Waals surface area contributed by atoms with Crippen LogP contribution in [0.25, 0.3) is 28.0 Å². The molecule has 0 spiro atoms. The lowest BCUT2D eigenvalue weighted by atomic mass is 9.84. The number of aromatic nitrogens is 4. The number of ether oxygens (including phenoxy) is 1. The topological polar surface area (TPSA) is 82.5 Å². The van der Waals surface area contributed by atoms with Gasteiger partial charge in [-0.3, -0.25) is 0 Å². The standard InChI is InChI=1S/C27H14BrClN4O3/c28-17-10-4-1-7-14(17)24-31-25-22-20(15-8-2-5-11-18(15)29)21-23(36-26(22)30-13-33(25)32-24)16-9-3-6-12-19(16)35-27(21)34/h1-13,20H. The Morgan fingerprint density at radius 1 is 0.944 bits per heavy atom. The van der Waals surface area contributed by atoms with Crippen LogP contribution >= 0.6 is 27.5 Å². The summed E-state index contributed by atoms with van der Waals surface area (Å²) < 4.78 is 14.5. The van der Waals surface area contributed by atoms with Crippen LogP contribution in [0.3, 0.4) is 0 Å². The molecule has 7 nitrogen and oxygen atoms in total. The summed E-state index contributed by atoms with van der Waals surface area (Å²) in [6.45, 7) is 0. The minimum Gasteiger partial charge on any atom is -0.437 e. The van der Waals surface area contributed by atoms with Crippen molar-refractivity contribution in [2.24, 2.45) is 0 Å². The molecule has 1 atom stereocenters. The van der Waals surface area contributed by atoms with Crippen LogP contribution in [0.4, 0.5) is 0 Å². The zero-order valence-electron chi connectivity index (χ0n) is 18.4. The van der Waals surface area contributed by atoms with E-state index in [1.165, 1.54) is 0 Å². The maximum Gasteiger partial charge on any atom is 0.344 e. The number of para-hydroxylation sites is 1. The van der Waals surface area contributed by atoms with E-state index in [0.29, 0.717) is 55.8 Å². The Bertz CT molecular complexity index is 1900. The normalized spacial score (nSPS) is 14.4. The summed E-state index contributed by atoms with van der Waals surface area (Å²) in [5, 5.41) is 5.83. The number of nitrogens with zero attached hydrogens (tertiary/aromatic N) is 4. The first-order chi connectivity index (χ1) is 17.6. The Balaban J connectivity index is 1.57. The second-order valence-corrected chi connectivity index (χ2v) is 9.59. The molecule has 0 aliphatic carbocycles. The number of hydrogen-bond donors (Lipinski definition) is 0. The van der Waals surface area contributed by atoms with E-state index in [9.17, 15) is 4.79 Å². The van der Waals surface area contributed by atoms with E-state index in [1.807, 2.05) is 54.6 Å². The minimum absolute atomic E-state index is 0.335. The fourth-order valence-electron chi connectivity index (χ4n) is 4.71. The van der Waals surface area contributed by atoms with Crippen molar-refractivity contribution >= 4 is 44.1 Å². The van der Waals surface area contributed by atoms with Gasteiger partial charge in [-0.2, -0.15) is 0 Å². The van der Waals surface area contributed by atoms with Gasteiger partial charge in [0.25, 0.3) is 0 Å². The van der Waals surface area contributed by atoms with Crippen LogP contribution in [-0.2, 0) is 0 Å². The van der Waals surface area contributed by atoms with Crippen LogP contribution < -0.4 is 10.4 Å². The summed E-state index contributed by atoms with van der Waals surface area (Å²) in [7, 11) is 0. The molecule has 9 heteroatoms. The van der Waals surface area contributed by atoms with Gasteiger partial charge < -0.3 is 9.15 Å². The van der Waals surface area contributed by atoms with E-state index in [2.05, 4.69) is 26.0 Å². The van der Waals surface area contributed by atoms with E-state index in [-0.39, 0.29) is 0 Å². The Labute approximate surface area is 217 Å². The van der Waals surface area contributed by atoms with E-state index in [0.717, 1.165) is 10.0 Å². The molecule has 0 saturated heterocycles. The molecule has 7 rings (SSSR count). The van der Waals surface area contributed by atoms with Crippen molar-refractivity contribution < 1.29 is 9.15 Å². The number of rotatable bonds is 2. The van der Waals surface area contributed by atoms with Gasteiger partial charge in [0.05, 0.1) is 22.4 Å². The molecule has 1 aliphatic heterocycles. The van der Waals surface area contributed by atoms with Crippen molar-refractivity contribution in [3.05, 3.63) is 116 Å². The van der Waals surface area contributed by atoms with Gasteiger partial charge in [0.2, 0.25) is 5.88 Å². The van der Waals surface area contributed by atoms with Gasteiger partial charge in [-0.05, 0) is 35.9 Å². The monoisotopic (exact) mass is 556 g/mol. The van der Waals surface area contributed by atoms with Crippen LogP contribution in [0.15, 0.2) is 92.8 Å². The van der Waals surface area contributed by atoms with Crippen molar-refractivity contribution in [2.75, 3.05) is 0 Å². The second-order valence-electron chi connectivity index (χ2n) is 8.33. The summed E-state index contributed by atoms with van der Waals surface area (Å²) in [4.78, 5) is 22.9. The smallest absolute Gasteiger partial charge is 0.344 e. The van der Waals surface area contributed by atoms with Crippen molar-refractivity contribution in [3.63, 3.8) is 0 Å². The average molecular weight is 558 g/mol. The van der Waals surface area contributed by atoms with Crippen molar-refractivity contribution in [2.45, 2.75) is 5.92 Å². The fraction of sp³-hybridized carbons (Fsp3) is 0.0370. The lowest BCUT2D eigenvalue weighted by molar-refractivity contribution is 0.422. The number of halogens is 2. The number of benzene rings is 3. The lowest BCUT2D eigenvalue weighted by Gasteiger charge is -2.27. The second kappa shape index (κ2) is 8.01. The molecule has 0 N–H and O–H groups in total. The minimum atomic E-state index is -0.634. The molecule has 3 aromatic carbocycles. The third-order valence-corrected chi connectivity index (χ3v) is 7.33. The van der Waals surface area contributed by atoms with Crippen molar-refractivity contribution in [1.29, 1.82) is 0 Å². The number of hydrogen-bond acceptors (Lipinski definition) is 6. The molecule has 36 heavy (non-hydrogen) atoms. The van der Waals surface area contributed by atoms with E-state index in [1.54, 1.807) is 29.0 Å². The molecule has 1 unspecified atom stereocenters. The largest absolute Gasteiger partial charge is 0.437 e. The quantitative estimate of drug-likeness (QED) is 0.223. The van der Waals surface area contributed by atoms with Crippen LogP contribution in [0.2, 0.25) is 5.02 Å². The molecule has 174 valence electrons. The third kappa shape index (κ3) is 3.11. The lowest BCUT2D eigenvalue weighted by Crippen LogP contribution is -2.22. The Kier molecular flexibility index (Phi) is 4.74. The predicted molar refractivity (Wildman–Crippen MR) is 139 cm³/mol. The first-order valence-corrected chi connectivity index (χ1v) is 12.3. The van der Waals surface area contributed by atoms with Gasteiger partial charge in [-0.1, -0.05) is 70.0 Å². The summed E-state index contributed by atoms with van der Waals surface area (Å²) >= 11 is 10.3. The molecular formula is C27H14BrClN4O3. The first-order valence-electron chi connectivity index (χ1n) is 11.1. The maximum absolute atomic E-state index is 13.4. The van der Waals surface area contributed by atoms with Crippen LogP contribution in [0.5, 0.6) is 11.6 Å². The molecule has 0 amide bonds. The molecule has 1 aliphatic rings. The van der Waals surface area contributed by atoms with Crippen molar-refractivity contribution in [3.8, 4) is 23.0 Å². The average Bonchev–Trinajstić information content (AvgIpc) is 3.33. The van der Waals surface area contributed by atoms with Gasteiger partial charge in [0.1, 0.15) is 11.9 Å². The Morgan fingerprint density at radius 3 is 2.58 bits per heavy atom. The Hall–Kier alpha value is -4.01. The van der Waals surface area contributed by atoms with Gasteiger partial charge in [0.15, 0.2) is 17.2 Å². The molecule has 0 radical (unpaired) electrons. The first kappa shape index (κ1) is 21.3. The fourth-order valence-corrected chi connectivity index (χ4v) is 5.41. The highest BCUT2D eigenvalue weighted by molar-refractivity contribution is 9.10. The summed E-state index contributed by atoms with van der Waals surface area (Å²) in [6.07, 6.45) is 1.56. The summed E-state index contributed by atoms with van der Waals surface area (Å²) in [6, 6.07) is 22.4. The summed E-state index contributed by atoms with van der Waals surface area (Å²) in [5.74, 6) is 0.612. The van der Waals surface area contributed by atoms with Crippen LogP contribution in [0.1, 0.15) is 22.6 Å². The molecule has 4 heterocycles. The van der Waals surface area contributed by atoms with Gasteiger partial charge in [-0.25, -0.2) is 19.3 Å². The van der Waals surface area contributed by atoms with Gasteiger partial charge in [-0.15, -0.1) is 5.10 Å². The van der Waals surface area contributed by atoms with E-state index >= 15 is 0 Å². The zero-order chi connectivity index (χ0) is 24.4. The van der Waals surface area contributed by atoms with E-state index < -0.39 is 11.5 Å². The SMILES string of the molecule is O=c1oc2ccccc2c2c1C(c1ccccc1Cl)c1c(ncn3nc(-c4ccccc4Br)nc13)O2. The highest BCUT2D eigenvalue weighted by Gasteiger charge is 2.38. The zero-order valence-corrected chi connectivity index (χ0v) is 20.7. The highest BCUT2D eigenvalue weighted by Crippen LogP contribution is 2.50. The van der Waals surface area contributed by atoms with Gasteiger partial charge in [0, 0.05) is 15.1 Å². The van der Waals surface area contributed by atoms with Gasteiger partial charge >= 0.3 is 5.63 Å². The maximum atomic E-state index is 13.4. The number of fused-ring (bicyclic) bond motifs is 6. The summed E-state index contributed by atoms with van der Waals surface area (Å²) in [5.41, 5.74) is 2.91. The molecule has 0 bridgehead atoms. The Morgan fingerprint density at radius 2 is 1.72 bits per heavy atom. The van der Waals surface area contributed by atoms with E-state index in [4.69, 9.17) is 25.7 Å². The highest BCUT2D eigenvalue weighted by atomic mass is 79.9. The third-order valence-electron chi connectivity index (χ3n) is 6.29. The molecule has 6 aromatic rings. The molecule has 3 aromatic heterocycles. The van der Waals surface area contributed by atoms with Crippen LogP contribution in [0, 0.1) is 0 Å².